The zero-order valence-electron chi connectivity index (χ0n) is 14.9. The van der Waals surface area contributed by atoms with Gasteiger partial charge in [0.2, 0.25) is 10.0 Å². The Morgan fingerprint density at radius 1 is 1.07 bits per heavy atom. The van der Waals surface area contributed by atoms with Crippen molar-refractivity contribution in [1.29, 1.82) is 0 Å². The first-order valence-electron chi connectivity index (χ1n) is 8.47. The summed E-state index contributed by atoms with van der Waals surface area (Å²) in [5, 5.41) is 3.13. The van der Waals surface area contributed by atoms with Gasteiger partial charge in [-0.2, -0.15) is 8.75 Å². The summed E-state index contributed by atoms with van der Waals surface area (Å²) in [5.41, 5.74) is 0.954. The molecular formula is C17H17N7O2S2. The predicted molar refractivity (Wildman–Crippen MR) is 107 cm³/mol. The van der Waals surface area contributed by atoms with Crippen molar-refractivity contribution in [2.45, 2.75) is 11.8 Å². The summed E-state index contributed by atoms with van der Waals surface area (Å²) >= 11 is 0.989. The Bertz CT molecular complexity index is 1200. The van der Waals surface area contributed by atoms with Gasteiger partial charge in [-0.15, -0.1) is 0 Å². The quantitative estimate of drug-likeness (QED) is 0.444. The van der Waals surface area contributed by atoms with Crippen molar-refractivity contribution >= 4 is 38.6 Å². The van der Waals surface area contributed by atoms with Crippen LogP contribution in [0.2, 0.25) is 0 Å². The highest BCUT2D eigenvalue weighted by Crippen LogP contribution is 2.20. The monoisotopic (exact) mass is 415 g/mol. The molecule has 11 heteroatoms. The van der Waals surface area contributed by atoms with Crippen LogP contribution in [0, 0.1) is 6.92 Å². The van der Waals surface area contributed by atoms with Gasteiger partial charge in [0.1, 0.15) is 33.4 Å². The van der Waals surface area contributed by atoms with Crippen molar-refractivity contribution < 1.29 is 8.42 Å². The van der Waals surface area contributed by atoms with E-state index in [1.54, 1.807) is 12.1 Å². The smallest absolute Gasteiger partial charge is 0.242 e. The minimum Gasteiger partial charge on any atom is -0.369 e. The van der Waals surface area contributed by atoms with Gasteiger partial charge in [0.15, 0.2) is 0 Å². The van der Waals surface area contributed by atoms with Crippen molar-refractivity contribution in [3.63, 3.8) is 0 Å². The summed E-state index contributed by atoms with van der Waals surface area (Å²) in [6.45, 7) is 2.37. The summed E-state index contributed by atoms with van der Waals surface area (Å²) in [4.78, 5) is 8.87. The zero-order chi connectivity index (χ0) is 19.6. The lowest BCUT2D eigenvalue weighted by Crippen LogP contribution is -2.29. The fourth-order valence-electron chi connectivity index (χ4n) is 2.71. The molecule has 28 heavy (non-hydrogen) atoms. The predicted octanol–water partition coefficient (Wildman–Crippen LogP) is 1.97. The van der Waals surface area contributed by atoms with Gasteiger partial charge in [0.25, 0.3) is 0 Å². The first kappa shape index (κ1) is 18.5. The fourth-order valence-corrected chi connectivity index (χ4v) is 4.51. The molecule has 1 aromatic carbocycles. The van der Waals surface area contributed by atoms with E-state index in [0.29, 0.717) is 29.2 Å². The molecule has 0 radical (unpaired) electrons. The molecule has 0 aliphatic rings. The lowest BCUT2D eigenvalue weighted by atomic mass is 10.3. The Hall–Kier alpha value is -2.89. The molecule has 0 saturated heterocycles. The van der Waals surface area contributed by atoms with E-state index in [2.05, 4.69) is 28.8 Å². The van der Waals surface area contributed by atoms with Gasteiger partial charge in [-0.3, -0.25) is 0 Å². The van der Waals surface area contributed by atoms with Gasteiger partial charge in [-0.05, 0) is 31.2 Å². The van der Waals surface area contributed by atoms with Gasteiger partial charge in [-0.1, -0.05) is 6.07 Å². The van der Waals surface area contributed by atoms with E-state index < -0.39 is 10.0 Å². The highest BCUT2D eigenvalue weighted by atomic mass is 32.2. The van der Waals surface area contributed by atoms with Crippen LogP contribution in [0.1, 0.15) is 5.82 Å². The molecule has 0 saturated carbocycles. The second-order valence-corrected chi connectivity index (χ2v) is 8.23. The Labute approximate surface area is 165 Å². The minimum absolute atomic E-state index is 0.131. The van der Waals surface area contributed by atoms with Gasteiger partial charge in [-0.25, -0.2) is 23.1 Å². The van der Waals surface area contributed by atoms with Crippen LogP contribution >= 0.6 is 11.7 Å². The van der Waals surface area contributed by atoms with E-state index in [1.165, 1.54) is 6.07 Å². The average Bonchev–Trinajstić information content (AvgIpc) is 3.36. The maximum Gasteiger partial charge on any atom is 0.242 e. The molecule has 3 heterocycles. The van der Waals surface area contributed by atoms with E-state index in [0.717, 1.165) is 17.5 Å². The maximum atomic E-state index is 12.6. The molecule has 3 aromatic heterocycles. The molecule has 0 fully saturated rings. The molecule has 4 rings (SSSR count). The number of hydrogen-bond donors (Lipinski definition) is 2. The summed E-state index contributed by atoms with van der Waals surface area (Å²) in [6.07, 6.45) is 3.79. The molecule has 0 amide bonds. The van der Waals surface area contributed by atoms with Crippen molar-refractivity contribution in [1.82, 2.24) is 28.0 Å². The highest BCUT2D eigenvalue weighted by Gasteiger charge is 2.18. The zero-order valence-corrected chi connectivity index (χ0v) is 16.5. The number of benzene rings is 1. The normalized spacial score (nSPS) is 11.8. The van der Waals surface area contributed by atoms with E-state index in [1.807, 2.05) is 42.1 Å². The Balaban J connectivity index is 1.41. The summed E-state index contributed by atoms with van der Waals surface area (Å²) in [6, 6.07) is 10.6. The largest absolute Gasteiger partial charge is 0.369 e. The third-order valence-corrected chi connectivity index (χ3v) is 5.99. The maximum absolute atomic E-state index is 12.6. The molecule has 9 nitrogen and oxygen atoms in total. The third kappa shape index (κ3) is 3.86. The van der Waals surface area contributed by atoms with Crippen LogP contribution in [0.25, 0.3) is 16.9 Å². The number of sulfonamides is 1. The van der Waals surface area contributed by atoms with Crippen molar-refractivity contribution in [2.24, 2.45) is 0 Å². The SMILES string of the molecule is Cc1nc(NCCNS(=O)(=O)c2cccc3nsnc23)cc(-n2cccc2)n1. The molecule has 4 aromatic rings. The van der Waals surface area contributed by atoms with E-state index >= 15 is 0 Å². The number of anilines is 1. The van der Waals surface area contributed by atoms with E-state index in [4.69, 9.17) is 0 Å². The lowest BCUT2D eigenvalue weighted by molar-refractivity contribution is 0.583. The van der Waals surface area contributed by atoms with Crippen LogP contribution in [0.15, 0.2) is 53.7 Å². The van der Waals surface area contributed by atoms with Crippen LogP contribution < -0.4 is 10.0 Å². The molecule has 0 aliphatic heterocycles. The van der Waals surface area contributed by atoms with E-state index in [-0.39, 0.29) is 11.4 Å². The Morgan fingerprint density at radius 2 is 1.89 bits per heavy atom. The second kappa shape index (κ2) is 7.62. The first-order chi connectivity index (χ1) is 13.5. The molecule has 0 spiro atoms. The fraction of sp³-hybridized carbons (Fsp3) is 0.176. The number of fused-ring (bicyclic) bond motifs is 1. The summed E-state index contributed by atoms with van der Waals surface area (Å²) in [7, 11) is -3.69. The number of nitrogens with one attached hydrogen (secondary N) is 2. The molecule has 2 N–H and O–H groups in total. The number of aromatic nitrogens is 5. The first-order valence-corrected chi connectivity index (χ1v) is 10.7. The third-order valence-electron chi connectivity index (χ3n) is 3.96. The van der Waals surface area contributed by atoms with Gasteiger partial charge in [0.05, 0.1) is 11.7 Å². The Kier molecular flexibility index (Phi) is 5.03. The van der Waals surface area contributed by atoms with E-state index in [9.17, 15) is 8.42 Å². The van der Waals surface area contributed by atoms with Gasteiger partial charge < -0.3 is 9.88 Å². The standard InChI is InChI=1S/C17H17N7O2S2/c1-12-20-15(11-16(21-12)24-9-2-3-10-24)18-7-8-19-28(25,26)14-6-4-5-13-17(14)23-27-22-13/h2-6,9-11,19H,7-8H2,1H3,(H,18,20,21). The summed E-state index contributed by atoms with van der Waals surface area (Å²) < 4.78 is 37.8. The topological polar surface area (TPSA) is 115 Å². The highest BCUT2D eigenvalue weighted by molar-refractivity contribution is 7.89. The number of nitrogens with zero attached hydrogens (tertiary/aromatic N) is 5. The minimum atomic E-state index is -3.69. The van der Waals surface area contributed by atoms with Gasteiger partial charge in [0, 0.05) is 31.5 Å². The number of hydrogen-bond acceptors (Lipinski definition) is 8. The number of aryl methyl sites for hydroxylation is 1. The van der Waals surface area contributed by atoms with Crippen molar-refractivity contribution in [3.8, 4) is 5.82 Å². The summed E-state index contributed by atoms with van der Waals surface area (Å²) in [5.74, 6) is 1.99. The molecule has 144 valence electrons. The molecule has 0 atom stereocenters. The van der Waals surface area contributed by atoms with Crippen LogP contribution in [-0.4, -0.2) is 44.8 Å². The van der Waals surface area contributed by atoms with Crippen LogP contribution in [0.5, 0.6) is 0 Å². The number of rotatable bonds is 7. The van der Waals surface area contributed by atoms with Crippen molar-refractivity contribution in [2.75, 3.05) is 18.4 Å². The van der Waals surface area contributed by atoms with Crippen LogP contribution in [0.4, 0.5) is 5.82 Å². The average molecular weight is 416 g/mol. The lowest BCUT2D eigenvalue weighted by Gasteiger charge is -2.10. The molecule has 0 bridgehead atoms. The van der Waals surface area contributed by atoms with Crippen LogP contribution in [-0.2, 0) is 10.0 Å². The Morgan fingerprint density at radius 3 is 2.71 bits per heavy atom. The molecular weight excluding hydrogens is 398 g/mol. The second-order valence-electron chi connectivity index (χ2n) is 5.96. The van der Waals surface area contributed by atoms with Gasteiger partial charge >= 0.3 is 0 Å². The van der Waals surface area contributed by atoms with Crippen molar-refractivity contribution in [3.05, 3.63) is 54.6 Å². The van der Waals surface area contributed by atoms with Crippen LogP contribution in [0.3, 0.4) is 0 Å². The molecule has 0 aliphatic carbocycles. The molecule has 0 unspecified atom stereocenters.